The summed E-state index contributed by atoms with van der Waals surface area (Å²) < 4.78 is 34.2. The van der Waals surface area contributed by atoms with Crippen LogP contribution in [0.3, 0.4) is 0 Å². The topological polar surface area (TPSA) is 89.5 Å². The number of hydrogen-bond donors (Lipinski definition) is 1. The molecule has 6 nitrogen and oxygen atoms in total. The third-order valence-corrected chi connectivity index (χ3v) is 9.35. The Labute approximate surface area is 202 Å². The zero-order valence-electron chi connectivity index (χ0n) is 18.1. The third kappa shape index (κ3) is 4.60. The first-order valence-corrected chi connectivity index (χ1v) is 13.6. The van der Waals surface area contributed by atoms with Crippen molar-refractivity contribution in [2.45, 2.75) is 43.4 Å². The second-order valence-corrected chi connectivity index (χ2v) is 12.4. The molecule has 2 aromatic carbocycles. The van der Waals surface area contributed by atoms with E-state index in [4.69, 9.17) is 4.74 Å². The van der Waals surface area contributed by atoms with Crippen molar-refractivity contribution in [3.8, 4) is 0 Å². The Morgan fingerprint density at radius 1 is 0.970 bits per heavy atom. The van der Waals surface area contributed by atoms with Gasteiger partial charge in [-0.3, -0.25) is 9.52 Å². The molecule has 0 atom stereocenters. The Morgan fingerprint density at radius 3 is 2.18 bits per heavy atom. The quantitative estimate of drug-likeness (QED) is 0.496. The zero-order chi connectivity index (χ0) is 23.2. The van der Waals surface area contributed by atoms with Crippen molar-refractivity contribution in [3.05, 3.63) is 58.6 Å². The van der Waals surface area contributed by atoms with Gasteiger partial charge in [0, 0.05) is 15.6 Å². The maximum absolute atomic E-state index is 13.1. The standard InChI is InChI=1S/C25H26BrNO5S/c26-20-4-6-21(7-5-20)27-33(30,31)22-3-1-2-19(11-22)24(29)32-15-23(28)25-12-16-8-17(13-25)10-18(9-16)14-25/h1-7,11,16-18,27H,8-10,12-15H2. The Hall–Kier alpha value is -2.19. The van der Waals surface area contributed by atoms with Gasteiger partial charge in [-0.1, -0.05) is 22.0 Å². The summed E-state index contributed by atoms with van der Waals surface area (Å²) in [4.78, 5) is 25.7. The van der Waals surface area contributed by atoms with Gasteiger partial charge < -0.3 is 4.74 Å². The van der Waals surface area contributed by atoms with Crippen LogP contribution in [0.1, 0.15) is 48.9 Å². The molecule has 0 saturated heterocycles. The summed E-state index contributed by atoms with van der Waals surface area (Å²) in [6.45, 7) is -0.251. The lowest BCUT2D eigenvalue weighted by molar-refractivity contribution is -0.147. The average Bonchev–Trinajstić information content (AvgIpc) is 2.78. The van der Waals surface area contributed by atoms with E-state index in [0.717, 1.165) is 23.7 Å². The summed E-state index contributed by atoms with van der Waals surface area (Å²) in [5.41, 5.74) is 0.189. The molecule has 0 heterocycles. The van der Waals surface area contributed by atoms with Gasteiger partial charge in [-0.15, -0.1) is 0 Å². The van der Waals surface area contributed by atoms with Gasteiger partial charge >= 0.3 is 5.97 Å². The third-order valence-electron chi connectivity index (χ3n) is 7.44. The molecule has 4 fully saturated rings. The molecule has 4 saturated carbocycles. The number of esters is 1. The molecule has 33 heavy (non-hydrogen) atoms. The van der Waals surface area contributed by atoms with E-state index in [-0.39, 0.29) is 28.3 Å². The Bertz CT molecular complexity index is 1160. The Kier molecular flexibility index (Phi) is 5.85. The molecule has 6 rings (SSSR count). The van der Waals surface area contributed by atoms with E-state index in [1.165, 1.54) is 43.5 Å². The minimum absolute atomic E-state index is 0.0237. The number of ketones is 1. The van der Waals surface area contributed by atoms with Gasteiger partial charge in [0.15, 0.2) is 12.4 Å². The van der Waals surface area contributed by atoms with Crippen LogP contribution in [0.5, 0.6) is 0 Å². The van der Waals surface area contributed by atoms with Gasteiger partial charge in [0.05, 0.1) is 10.5 Å². The van der Waals surface area contributed by atoms with E-state index in [2.05, 4.69) is 20.7 Å². The number of carbonyl (C=O) groups excluding carboxylic acids is 2. The summed E-state index contributed by atoms with van der Waals surface area (Å²) in [5.74, 6) is 1.24. The van der Waals surface area contributed by atoms with Crippen LogP contribution in [0.25, 0.3) is 0 Å². The zero-order valence-corrected chi connectivity index (χ0v) is 20.5. The van der Waals surface area contributed by atoms with Crippen LogP contribution < -0.4 is 4.72 Å². The van der Waals surface area contributed by atoms with Gasteiger partial charge in [-0.25, -0.2) is 13.2 Å². The lowest BCUT2D eigenvalue weighted by Crippen LogP contribution is -2.51. The monoisotopic (exact) mass is 531 g/mol. The minimum atomic E-state index is -3.88. The van der Waals surface area contributed by atoms with Crippen molar-refractivity contribution in [3.63, 3.8) is 0 Å². The Morgan fingerprint density at radius 2 is 1.58 bits per heavy atom. The van der Waals surface area contributed by atoms with E-state index < -0.39 is 16.0 Å². The fourth-order valence-corrected chi connectivity index (χ4v) is 7.71. The van der Waals surface area contributed by atoms with Crippen molar-refractivity contribution >= 4 is 43.4 Å². The number of anilines is 1. The van der Waals surface area contributed by atoms with E-state index in [0.29, 0.717) is 23.4 Å². The van der Waals surface area contributed by atoms with Gasteiger partial charge in [0.2, 0.25) is 0 Å². The summed E-state index contributed by atoms with van der Waals surface area (Å²) >= 11 is 3.31. The van der Waals surface area contributed by atoms with Crippen molar-refractivity contribution < 1.29 is 22.7 Å². The van der Waals surface area contributed by atoms with Crippen molar-refractivity contribution in [2.24, 2.45) is 23.2 Å². The summed E-state index contributed by atoms with van der Waals surface area (Å²) in [5, 5.41) is 0. The first-order valence-electron chi connectivity index (χ1n) is 11.3. The van der Waals surface area contributed by atoms with Crippen LogP contribution in [0.4, 0.5) is 5.69 Å². The SMILES string of the molecule is O=C(OCC(=O)C12CC3CC(CC(C3)C1)C2)c1cccc(S(=O)(=O)Nc2ccc(Br)cc2)c1. The fraction of sp³-hybridized carbons (Fsp3) is 0.440. The number of carbonyl (C=O) groups is 2. The first-order chi connectivity index (χ1) is 15.7. The van der Waals surface area contributed by atoms with E-state index >= 15 is 0 Å². The van der Waals surface area contributed by atoms with Crippen molar-refractivity contribution in [1.82, 2.24) is 0 Å². The highest BCUT2D eigenvalue weighted by molar-refractivity contribution is 9.10. The molecule has 174 valence electrons. The highest BCUT2D eigenvalue weighted by Gasteiger charge is 2.54. The number of ether oxygens (including phenoxy) is 1. The molecule has 0 amide bonds. The Balaban J connectivity index is 1.25. The number of rotatable bonds is 7. The van der Waals surface area contributed by atoms with Gasteiger partial charge in [0.1, 0.15) is 0 Å². The first kappa shape index (κ1) is 22.6. The van der Waals surface area contributed by atoms with Crippen LogP contribution in [-0.4, -0.2) is 26.8 Å². The highest BCUT2D eigenvalue weighted by atomic mass is 79.9. The molecule has 0 radical (unpaired) electrons. The van der Waals surface area contributed by atoms with E-state index in [1.807, 2.05) is 0 Å². The molecule has 0 aromatic heterocycles. The lowest BCUT2D eigenvalue weighted by atomic mass is 9.48. The second kappa shape index (κ2) is 8.55. The molecule has 2 aromatic rings. The molecule has 0 spiro atoms. The molecule has 0 unspecified atom stereocenters. The smallest absolute Gasteiger partial charge is 0.338 e. The number of benzene rings is 2. The summed E-state index contributed by atoms with van der Waals surface area (Å²) in [6.07, 6.45) is 6.48. The second-order valence-electron chi connectivity index (χ2n) is 9.84. The van der Waals surface area contributed by atoms with Crippen molar-refractivity contribution in [2.75, 3.05) is 11.3 Å². The van der Waals surface area contributed by atoms with Gasteiger partial charge in [-0.05, 0) is 98.7 Å². The summed E-state index contributed by atoms with van der Waals surface area (Å²) in [6, 6.07) is 12.4. The van der Waals surface area contributed by atoms with Crippen LogP contribution in [0, 0.1) is 23.2 Å². The van der Waals surface area contributed by atoms with Crippen LogP contribution >= 0.6 is 15.9 Å². The maximum Gasteiger partial charge on any atom is 0.338 e. The molecule has 0 aliphatic heterocycles. The molecule has 4 aliphatic carbocycles. The minimum Gasteiger partial charge on any atom is -0.454 e. The normalized spacial score (nSPS) is 27.8. The number of nitrogens with one attached hydrogen (secondary N) is 1. The average molecular weight is 532 g/mol. The molecular formula is C25H26BrNO5S. The number of Topliss-reactive ketones (excluding diaryl/α,β-unsaturated/α-hetero) is 1. The highest BCUT2D eigenvalue weighted by Crippen LogP contribution is 2.60. The maximum atomic E-state index is 13.1. The van der Waals surface area contributed by atoms with E-state index in [1.54, 1.807) is 24.3 Å². The van der Waals surface area contributed by atoms with Gasteiger partial charge in [-0.2, -0.15) is 0 Å². The molecule has 1 N–H and O–H groups in total. The number of sulfonamides is 1. The van der Waals surface area contributed by atoms with Crippen LogP contribution in [-0.2, 0) is 19.6 Å². The van der Waals surface area contributed by atoms with Crippen LogP contribution in [0.2, 0.25) is 0 Å². The van der Waals surface area contributed by atoms with Gasteiger partial charge in [0.25, 0.3) is 10.0 Å². The fourth-order valence-electron chi connectivity index (χ4n) is 6.34. The summed E-state index contributed by atoms with van der Waals surface area (Å²) in [7, 11) is -3.88. The van der Waals surface area contributed by atoms with Crippen molar-refractivity contribution in [1.29, 1.82) is 0 Å². The number of hydrogen-bond acceptors (Lipinski definition) is 5. The molecule has 4 aliphatic rings. The molecular weight excluding hydrogens is 506 g/mol. The van der Waals surface area contributed by atoms with Crippen LogP contribution in [0.15, 0.2) is 57.9 Å². The predicted molar refractivity (Wildman–Crippen MR) is 127 cm³/mol. The lowest BCUT2D eigenvalue weighted by Gasteiger charge is -2.55. The molecule has 8 heteroatoms. The largest absolute Gasteiger partial charge is 0.454 e. The van der Waals surface area contributed by atoms with E-state index in [9.17, 15) is 18.0 Å². The number of halogens is 1. The molecule has 4 bridgehead atoms. The predicted octanol–water partition coefficient (Wildman–Crippen LogP) is 5.19.